The Morgan fingerprint density at radius 1 is 1.00 bits per heavy atom. The maximum Gasteiger partial charge on any atom is 0.240 e. The molecule has 1 saturated heterocycles. The average Bonchev–Trinajstić information content (AvgIpc) is 2.84. The molecular formula is C24H32N4O4S. The highest BCUT2D eigenvalue weighted by Gasteiger charge is 2.28. The van der Waals surface area contributed by atoms with Crippen LogP contribution in [0.4, 0.5) is 5.69 Å². The molecule has 0 aliphatic carbocycles. The second-order valence-corrected chi connectivity index (χ2v) is 10.5. The van der Waals surface area contributed by atoms with E-state index in [1.807, 2.05) is 11.0 Å². The fourth-order valence-electron chi connectivity index (χ4n) is 4.56. The molecule has 4 rings (SSSR count). The van der Waals surface area contributed by atoms with E-state index < -0.39 is 10.0 Å². The van der Waals surface area contributed by atoms with Crippen molar-refractivity contribution in [1.82, 2.24) is 14.5 Å². The molecule has 0 unspecified atom stereocenters. The van der Waals surface area contributed by atoms with Gasteiger partial charge in [0.25, 0.3) is 0 Å². The van der Waals surface area contributed by atoms with E-state index in [1.165, 1.54) is 36.0 Å². The van der Waals surface area contributed by atoms with Gasteiger partial charge in [-0.3, -0.25) is 4.79 Å². The Balaban J connectivity index is 1.52. The number of benzene rings is 2. The maximum absolute atomic E-state index is 13.1. The third-order valence-corrected chi connectivity index (χ3v) is 8.05. The predicted octanol–water partition coefficient (Wildman–Crippen LogP) is 1.48. The number of sulfonamides is 1. The fourth-order valence-corrected chi connectivity index (χ4v) is 5.29. The van der Waals surface area contributed by atoms with Crippen LogP contribution in [-0.4, -0.2) is 78.1 Å². The normalized spacial score (nSPS) is 17.1. The first-order valence-electron chi connectivity index (χ1n) is 11.2. The van der Waals surface area contributed by atoms with Crippen molar-refractivity contribution in [1.29, 1.82) is 0 Å². The summed E-state index contributed by atoms with van der Waals surface area (Å²) in [6.45, 7) is 5.15. The summed E-state index contributed by atoms with van der Waals surface area (Å²) in [5.41, 5.74) is 4.36. The van der Waals surface area contributed by atoms with Crippen LogP contribution in [0.3, 0.4) is 0 Å². The molecule has 9 heteroatoms. The summed E-state index contributed by atoms with van der Waals surface area (Å²) in [6, 6.07) is 10.7. The van der Waals surface area contributed by atoms with Crippen LogP contribution in [0.25, 0.3) is 0 Å². The van der Waals surface area contributed by atoms with Gasteiger partial charge in [-0.15, -0.1) is 0 Å². The van der Waals surface area contributed by atoms with Gasteiger partial charge in [0, 0.05) is 56.1 Å². The Kier molecular flexibility index (Phi) is 6.92. The molecule has 2 aromatic carbocycles. The Labute approximate surface area is 196 Å². The summed E-state index contributed by atoms with van der Waals surface area (Å²) in [5, 5.41) is 0. The number of nitrogens with one attached hydrogen (secondary N) is 1. The molecule has 33 heavy (non-hydrogen) atoms. The topological polar surface area (TPSA) is 82.2 Å². The summed E-state index contributed by atoms with van der Waals surface area (Å²) in [4.78, 5) is 20.0. The molecule has 0 saturated carbocycles. The standard InChI is InChI=1S/C24H32N4O4S/c1-25-33(30,31)19-6-4-18(5-7-19)16-24(29)28-11-10-20-21(17-28)22(8-9-23(20)32-3)27-14-12-26(2)13-15-27/h4-9,25H,10-17H2,1-3H3. The minimum Gasteiger partial charge on any atom is -0.496 e. The molecule has 2 heterocycles. The highest BCUT2D eigenvalue weighted by atomic mass is 32.2. The Morgan fingerprint density at radius 2 is 1.70 bits per heavy atom. The largest absolute Gasteiger partial charge is 0.496 e. The maximum atomic E-state index is 13.1. The van der Waals surface area contributed by atoms with Crippen molar-refractivity contribution < 1.29 is 17.9 Å². The number of carbonyl (C=O) groups is 1. The SMILES string of the molecule is CNS(=O)(=O)c1ccc(CC(=O)N2CCc3c(OC)ccc(N4CCN(C)CC4)c3C2)cc1. The minimum absolute atomic E-state index is 0.0389. The van der Waals surface area contributed by atoms with Gasteiger partial charge in [-0.2, -0.15) is 0 Å². The second kappa shape index (κ2) is 9.70. The van der Waals surface area contributed by atoms with Gasteiger partial charge in [-0.1, -0.05) is 12.1 Å². The zero-order chi connectivity index (χ0) is 23.6. The van der Waals surface area contributed by atoms with Crippen molar-refractivity contribution in [2.45, 2.75) is 24.3 Å². The Bertz CT molecular complexity index is 1110. The summed E-state index contributed by atoms with van der Waals surface area (Å²) in [6.07, 6.45) is 0.994. The minimum atomic E-state index is -3.49. The van der Waals surface area contributed by atoms with Crippen molar-refractivity contribution >= 4 is 21.6 Å². The van der Waals surface area contributed by atoms with E-state index in [0.29, 0.717) is 13.1 Å². The first-order valence-corrected chi connectivity index (χ1v) is 12.7. The molecule has 1 amide bonds. The van der Waals surface area contributed by atoms with Gasteiger partial charge < -0.3 is 19.4 Å². The number of ether oxygens (including phenoxy) is 1. The monoisotopic (exact) mass is 472 g/mol. The number of methoxy groups -OCH3 is 1. The van der Waals surface area contributed by atoms with Crippen LogP contribution >= 0.6 is 0 Å². The predicted molar refractivity (Wildman–Crippen MR) is 128 cm³/mol. The molecule has 0 spiro atoms. The van der Waals surface area contributed by atoms with E-state index in [2.05, 4.69) is 27.6 Å². The van der Waals surface area contributed by atoms with Crippen molar-refractivity contribution in [2.75, 3.05) is 58.8 Å². The van der Waals surface area contributed by atoms with E-state index in [9.17, 15) is 13.2 Å². The van der Waals surface area contributed by atoms with Crippen LogP contribution in [0, 0.1) is 0 Å². The van der Waals surface area contributed by atoms with Crippen LogP contribution in [0.2, 0.25) is 0 Å². The van der Waals surface area contributed by atoms with Gasteiger partial charge in [0.2, 0.25) is 15.9 Å². The van der Waals surface area contributed by atoms with E-state index in [0.717, 1.165) is 43.9 Å². The number of carbonyl (C=O) groups excluding carboxylic acids is 1. The number of hydrogen-bond donors (Lipinski definition) is 1. The van der Waals surface area contributed by atoms with Gasteiger partial charge in [-0.25, -0.2) is 13.1 Å². The number of piperazine rings is 1. The third-order valence-electron chi connectivity index (χ3n) is 6.62. The molecule has 0 aromatic heterocycles. The van der Waals surface area contributed by atoms with Crippen LogP contribution in [0.15, 0.2) is 41.3 Å². The molecule has 0 bridgehead atoms. The van der Waals surface area contributed by atoms with Crippen molar-refractivity contribution in [2.24, 2.45) is 0 Å². The smallest absolute Gasteiger partial charge is 0.240 e. The van der Waals surface area contributed by atoms with Crippen molar-refractivity contribution in [3.8, 4) is 5.75 Å². The summed E-state index contributed by atoms with van der Waals surface area (Å²) in [5.74, 6) is 0.924. The van der Waals surface area contributed by atoms with Gasteiger partial charge in [-0.05, 0) is 50.3 Å². The van der Waals surface area contributed by atoms with E-state index >= 15 is 0 Å². The molecule has 2 aliphatic heterocycles. The van der Waals surface area contributed by atoms with Gasteiger partial charge in [0.05, 0.1) is 18.4 Å². The molecule has 2 aliphatic rings. The van der Waals surface area contributed by atoms with Gasteiger partial charge in [0.1, 0.15) is 5.75 Å². The lowest BCUT2D eigenvalue weighted by molar-refractivity contribution is -0.131. The van der Waals surface area contributed by atoms with E-state index in [4.69, 9.17) is 4.74 Å². The lowest BCUT2D eigenvalue weighted by Gasteiger charge is -2.38. The number of amides is 1. The number of rotatable bonds is 6. The van der Waals surface area contributed by atoms with Crippen LogP contribution in [0.5, 0.6) is 5.75 Å². The number of fused-ring (bicyclic) bond motifs is 1. The van der Waals surface area contributed by atoms with Crippen molar-refractivity contribution in [3.05, 3.63) is 53.1 Å². The quantitative estimate of drug-likeness (QED) is 0.686. The van der Waals surface area contributed by atoms with Crippen molar-refractivity contribution in [3.63, 3.8) is 0 Å². The zero-order valence-electron chi connectivity index (χ0n) is 19.5. The molecule has 178 valence electrons. The first-order chi connectivity index (χ1) is 15.8. The van der Waals surface area contributed by atoms with Gasteiger partial charge in [0.15, 0.2) is 0 Å². The first kappa shape index (κ1) is 23.5. The van der Waals surface area contributed by atoms with Crippen LogP contribution in [0.1, 0.15) is 16.7 Å². The van der Waals surface area contributed by atoms with Crippen LogP contribution in [-0.2, 0) is 34.2 Å². The molecule has 1 N–H and O–H groups in total. The molecule has 1 fully saturated rings. The summed E-state index contributed by atoms with van der Waals surface area (Å²) in [7, 11) is 1.73. The summed E-state index contributed by atoms with van der Waals surface area (Å²) < 4.78 is 31.8. The number of hydrogen-bond acceptors (Lipinski definition) is 6. The average molecular weight is 473 g/mol. The van der Waals surface area contributed by atoms with Crippen LogP contribution < -0.4 is 14.4 Å². The van der Waals surface area contributed by atoms with E-state index in [-0.39, 0.29) is 17.2 Å². The summed E-state index contributed by atoms with van der Waals surface area (Å²) >= 11 is 0. The zero-order valence-corrected chi connectivity index (χ0v) is 20.3. The third kappa shape index (κ3) is 5.00. The molecule has 0 radical (unpaired) electrons. The lowest BCUT2D eigenvalue weighted by Crippen LogP contribution is -2.45. The molecule has 8 nitrogen and oxygen atoms in total. The highest BCUT2D eigenvalue weighted by Crippen LogP contribution is 2.36. The lowest BCUT2D eigenvalue weighted by atomic mass is 9.95. The number of anilines is 1. The molecule has 0 atom stereocenters. The molecular weight excluding hydrogens is 440 g/mol. The fraction of sp³-hybridized carbons (Fsp3) is 0.458. The number of nitrogens with zero attached hydrogens (tertiary/aromatic N) is 3. The Hall–Kier alpha value is -2.62. The van der Waals surface area contributed by atoms with Gasteiger partial charge >= 0.3 is 0 Å². The number of likely N-dealkylation sites (N-methyl/N-ethyl adjacent to an activating group) is 1. The Morgan fingerprint density at radius 3 is 2.33 bits per heavy atom. The highest BCUT2D eigenvalue weighted by molar-refractivity contribution is 7.89. The molecule has 2 aromatic rings. The second-order valence-electron chi connectivity index (χ2n) is 8.63. The van der Waals surface area contributed by atoms with E-state index in [1.54, 1.807) is 19.2 Å².